The number of rotatable bonds is 4. The van der Waals surface area contributed by atoms with Crippen molar-refractivity contribution in [1.29, 1.82) is 0 Å². The fraction of sp³-hybridized carbons (Fsp3) is 0.143. The van der Waals surface area contributed by atoms with E-state index in [2.05, 4.69) is 0 Å². The minimum Gasteiger partial charge on any atom is -0.508 e. The maximum Gasteiger partial charge on any atom is 0.161 e. The Morgan fingerprint density at radius 1 is 1.00 bits per heavy atom. The number of hydrogen-bond acceptors (Lipinski definition) is 3. The summed E-state index contributed by atoms with van der Waals surface area (Å²) in [5.74, 6) is 1.64. The number of hydrogen-bond donors (Lipinski definition) is 1. The van der Waals surface area contributed by atoms with Crippen molar-refractivity contribution in [3.63, 3.8) is 0 Å². The normalized spacial score (nSPS) is 9.94. The predicted octanol–water partition coefficient (Wildman–Crippen LogP) is 2.98. The molecular weight excluding hydrogens is 216 g/mol. The quantitative estimate of drug-likeness (QED) is 0.877. The van der Waals surface area contributed by atoms with E-state index in [0.717, 1.165) is 5.56 Å². The molecule has 0 saturated heterocycles. The van der Waals surface area contributed by atoms with Crippen molar-refractivity contribution in [1.82, 2.24) is 0 Å². The van der Waals surface area contributed by atoms with E-state index < -0.39 is 0 Å². The molecule has 0 aliphatic carbocycles. The van der Waals surface area contributed by atoms with Crippen LogP contribution >= 0.6 is 0 Å². The van der Waals surface area contributed by atoms with Gasteiger partial charge < -0.3 is 14.6 Å². The second kappa shape index (κ2) is 5.25. The summed E-state index contributed by atoms with van der Waals surface area (Å²) < 4.78 is 10.8. The van der Waals surface area contributed by atoms with Gasteiger partial charge in [-0.3, -0.25) is 0 Å². The molecule has 0 aliphatic rings. The van der Waals surface area contributed by atoms with E-state index in [1.54, 1.807) is 25.3 Å². The van der Waals surface area contributed by atoms with E-state index in [1.165, 1.54) is 0 Å². The topological polar surface area (TPSA) is 38.7 Å². The minimum absolute atomic E-state index is 0.242. The summed E-state index contributed by atoms with van der Waals surface area (Å²) in [5.41, 5.74) is 0.913. The number of phenolic OH excluding ortho intramolecular Hbond substituents is 1. The number of methoxy groups -OCH3 is 1. The standard InChI is InChI=1S/C14H14O3/c1-16-13-7-2-3-8-14(13)17-10-11-5-4-6-12(15)9-11/h2-9,15H,10H2,1H3. The van der Waals surface area contributed by atoms with Crippen molar-refractivity contribution in [3.8, 4) is 17.2 Å². The average Bonchev–Trinajstić information content (AvgIpc) is 2.37. The Balaban J connectivity index is 2.07. The van der Waals surface area contributed by atoms with Crippen molar-refractivity contribution >= 4 is 0 Å². The molecule has 0 fully saturated rings. The van der Waals surface area contributed by atoms with Gasteiger partial charge in [0.15, 0.2) is 11.5 Å². The Bertz CT molecular complexity index is 494. The maximum absolute atomic E-state index is 9.33. The Hall–Kier alpha value is -2.16. The van der Waals surface area contributed by atoms with Crippen LogP contribution in [0.3, 0.4) is 0 Å². The molecule has 2 aromatic carbocycles. The van der Waals surface area contributed by atoms with Gasteiger partial charge in [-0.2, -0.15) is 0 Å². The Kier molecular flexibility index (Phi) is 3.50. The van der Waals surface area contributed by atoms with Crippen LogP contribution in [0.1, 0.15) is 5.56 Å². The van der Waals surface area contributed by atoms with Crippen LogP contribution < -0.4 is 9.47 Å². The Labute approximate surface area is 100 Å². The van der Waals surface area contributed by atoms with Crippen LogP contribution in [0.2, 0.25) is 0 Å². The summed E-state index contributed by atoms with van der Waals surface area (Å²) in [5, 5.41) is 9.33. The zero-order valence-electron chi connectivity index (χ0n) is 9.59. The smallest absolute Gasteiger partial charge is 0.161 e. The third-order valence-corrected chi connectivity index (χ3v) is 2.37. The van der Waals surface area contributed by atoms with Crippen LogP contribution in [0.25, 0.3) is 0 Å². The van der Waals surface area contributed by atoms with Crippen LogP contribution in [0.5, 0.6) is 17.2 Å². The molecule has 17 heavy (non-hydrogen) atoms. The van der Waals surface area contributed by atoms with Crippen LogP contribution in [-0.4, -0.2) is 12.2 Å². The zero-order chi connectivity index (χ0) is 12.1. The highest BCUT2D eigenvalue weighted by molar-refractivity contribution is 5.39. The monoisotopic (exact) mass is 230 g/mol. The van der Waals surface area contributed by atoms with Crippen molar-refractivity contribution in [2.24, 2.45) is 0 Å². The van der Waals surface area contributed by atoms with E-state index in [9.17, 15) is 5.11 Å². The lowest BCUT2D eigenvalue weighted by molar-refractivity contribution is 0.284. The molecule has 0 spiro atoms. The SMILES string of the molecule is COc1ccccc1OCc1cccc(O)c1. The summed E-state index contributed by atoms with van der Waals surface area (Å²) in [6.07, 6.45) is 0. The number of benzene rings is 2. The average molecular weight is 230 g/mol. The first kappa shape index (κ1) is 11.3. The molecule has 0 bridgehead atoms. The van der Waals surface area contributed by atoms with Gasteiger partial charge in [-0.25, -0.2) is 0 Å². The van der Waals surface area contributed by atoms with Gasteiger partial charge in [0.25, 0.3) is 0 Å². The number of phenols is 1. The number of ether oxygens (including phenoxy) is 2. The van der Waals surface area contributed by atoms with E-state index in [1.807, 2.05) is 30.3 Å². The van der Waals surface area contributed by atoms with Gasteiger partial charge in [0.2, 0.25) is 0 Å². The van der Waals surface area contributed by atoms with Crippen molar-refractivity contribution in [2.45, 2.75) is 6.61 Å². The molecule has 0 unspecified atom stereocenters. The predicted molar refractivity (Wildman–Crippen MR) is 65.4 cm³/mol. The van der Waals surface area contributed by atoms with Crippen molar-refractivity contribution in [2.75, 3.05) is 7.11 Å². The summed E-state index contributed by atoms with van der Waals surface area (Å²) in [6.45, 7) is 0.398. The van der Waals surface area contributed by atoms with Gasteiger partial charge in [0, 0.05) is 0 Å². The zero-order valence-corrected chi connectivity index (χ0v) is 9.59. The molecule has 0 saturated carbocycles. The second-order valence-corrected chi connectivity index (χ2v) is 3.61. The Morgan fingerprint density at radius 2 is 1.76 bits per heavy atom. The first-order valence-corrected chi connectivity index (χ1v) is 5.33. The summed E-state index contributed by atoms with van der Waals surface area (Å²) >= 11 is 0. The molecule has 1 N–H and O–H groups in total. The fourth-order valence-corrected chi connectivity index (χ4v) is 1.55. The molecular formula is C14H14O3. The minimum atomic E-state index is 0.242. The summed E-state index contributed by atoms with van der Waals surface area (Å²) in [6, 6.07) is 14.5. The lowest BCUT2D eigenvalue weighted by Gasteiger charge is -2.10. The summed E-state index contributed by atoms with van der Waals surface area (Å²) in [7, 11) is 1.61. The largest absolute Gasteiger partial charge is 0.508 e. The fourth-order valence-electron chi connectivity index (χ4n) is 1.55. The molecule has 0 radical (unpaired) electrons. The first-order valence-electron chi connectivity index (χ1n) is 5.33. The van der Waals surface area contributed by atoms with Crippen molar-refractivity contribution in [3.05, 3.63) is 54.1 Å². The highest BCUT2D eigenvalue weighted by Gasteiger charge is 2.02. The summed E-state index contributed by atoms with van der Waals surface area (Å²) in [4.78, 5) is 0. The maximum atomic E-state index is 9.33. The van der Waals surface area contributed by atoms with E-state index in [4.69, 9.17) is 9.47 Å². The van der Waals surface area contributed by atoms with Gasteiger partial charge in [0.1, 0.15) is 12.4 Å². The van der Waals surface area contributed by atoms with Gasteiger partial charge in [0.05, 0.1) is 7.11 Å². The van der Waals surface area contributed by atoms with Crippen molar-refractivity contribution < 1.29 is 14.6 Å². The third kappa shape index (κ3) is 2.91. The molecule has 3 nitrogen and oxygen atoms in total. The molecule has 3 heteroatoms. The molecule has 0 aliphatic heterocycles. The van der Waals surface area contributed by atoms with E-state index >= 15 is 0 Å². The highest BCUT2D eigenvalue weighted by Crippen LogP contribution is 2.26. The molecule has 0 aromatic heterocycles. The Morgan fingerprint density at radius 3 is 2.47 bits per heavy atom. The third-order valence-electron chi connectivity index (χ3n) is 2.37. The molecule has 0 atom stereocenters. The van der Waals surface area contributed by atoms with Crippen LogP contribution in [0.4, 0.5) is 0 Å². The molecule has 2 aromatic rings. The molecule has 0 amide bonds. The van der Waals surface area contributed by atoms with Crippen LogP contribution in [0.15, 0.2) is 48.5 Å². The second-order valence-electron chi connectivity index (χ2n) is 3.61. The van der Waals surface area contributed by atoms with Gasteiger partial charge >= 0.3 is 0 Å². The van der Waals surface area contributed by atoms with Crippen LogP contribution in [0, 0.1) is 0 Å². The first-order chi connectivity index (χ1) is 8.29. The highest BCUT2D eigenvalue weighted by atomic mass is 16.5. The van der Waals surface area contributed by atoms with Crippen LogP contribution in [-0.2, 0) is 6.61 Å². The lowest BCUT2D eigenvalue weighted by atomic mass is 10.2. The number of aromatic hydroxyl groups is 1. The van der Waals surface area contributed by atoms with Gasteiger partial charge in [-0.1, -0.05) is 24.3 Å². The lowest BCUT2D eigenvalue weighted by Crippen LogP contribution is -1.97. The number of para-hydroxylation sites is 2. The van der Waals surface area contributed by atoms with E-state index in [0.29, 0.717) is 18.1 Å². The van der Waals surface area contributed by atoms with E-state index in [-0.39, 0.29) is 5.75 Å². The van der Waals surface area contributed by atoms with Gasteiger partial charge in [-0.05, 0) is 29.8 Å². The molecule has 0 heterocycles. The van der Waals surface area contributed by atoms with Gasteiger partial charge in [-0.15, -0.1) is 0 Å². The molecule has 88 valence electrons. The molecule has 2 rings (SSSR count).